The Kier molecular flexibility index (Phi) is 5.90. The monoisotopic (exact) mass is 471 g/mol. The van der Waals surface area contributed by atoms with E-state index in [1.54, 1.807) is 18.2 Å². The molecule has 0 saturated carbocycles. The molecule has 2 heterocycles. The fourth-order valence-corrected chi connectivity index (χ4v) is 4.24. The number of furan rings is 1. The Labute approximate surface area is 191 Å². The number of carbonyl (C=O) groups excluding carboxylic acids is 2. The summed E-state index contributed by atoms with van der Waals surface area (Å²) in [6.45, 7) is 1.54. The van der Waals surface area contributed by atoms with Crippen molar-refractivity contribution in [1.29, 1.82) is 0 Å². The average molecular weight is 472 g/mol. The van der Waals surface area contributed by atoms with Crippen LogP contribution in [-0.4, -0.2) is 27.1 Å². The van der Waals surface area contributed by atoms with Crippen molar-refractivity contribution in [3.63, 3.8) is 0 Å². The molecule has 4 rings (SSSR count). The van der Waals surface area contributed by atoms with Crippen molar-refractivity contribution in [2.75, 3.05) is 0 Å². The number of amides is 2. The maximum atomic E-state index is 14.1. The van der Waals surface area contributed by atoms with Gasteiger partial charge in [-0.3, -0.25) is 14.5 Å². The smallest absolute Gasteiger partial charge is 0.335 e. The number of benzene rings is 2. The number of halogens is 2. The SMILES string of the molecule is Cc1ccc(C(=O)O)cc1-c1ccc(C=C2SC(=O)N(Cc3c(F)cccc3Cl)C2=O)o1. The number of aryl methyl sites for hydroxylation is 1. The van der Waals surface area contributed by atoms with E-state index in [-0.39, 0.29) is 27.6 Å². The zero-order valence-corrected chi connectivity index (χ0v) is 18.2. The molecule has 1 aliphatic heterocycles. The lowest BCUT2D eigenvalue weighted by Gasteiger charge is -2.14. The van der Waals surface area contributed by atoms with E-state index < -0.39 is 22.9 Å². The van der Waals surface area contributed by atoms with Crippen molar-refractivity contribution in [2.24, 2.45) is 0 Å². The molecule has 32 heavy (non-hydrogen) atoms. The van der Waals surface area contributed by atoms with Crippen molar-refractivity contribution in [1.82, 2.24) is 4.90 Å². The van der Waals surface area contributed by atoms with Crippen molar-refractivity contribution < 1.29 is 28.3 Å². The van der Waals surface area contributed by atoms with Crippen LogP contribution >= 0.6 is 23.4 Å². The summed E-state index contributed by atoms with van der Waals surface area (Å²) in [5.41, 5.74) is 1.60. The highest BCUT2D eigenvalue weighted by Crippen LogP contribution is 2.35. The topological polar surface area (TPSA) is 87.8 Å². The molecule has 2 aromatic carbocycles. The molecule has 0 spiro atoms. The molecule has 0 unspecified atom stereocenters. The molecule has 162 valence electrons. The van der Waals surface area contributed by atoms with E-state index in [1.807, 2.05) is 6.92 Å². The predicted octanol–water partition coefficient (Wildman–Crippen LogP) is 5.98. The molecule has 1 N–H and O–H groups in total. The van der Waals surface area contributed by atoms with E-state index in [0.29, 0.717) is 17.1 Å². The summed E-state index contributed by atoms with van der Waals surface area (Å²) in [4.78, 5) is 37.4. The Hall–Kier alpha value is -3.36. The van der Waals surface area contributed by atoms with E-state index in [0.717, 1.165) is 22.2 Å². The summed E-state index contributed by atoms with van der Waals surface area (Å²) >= 11 is 6.73. The minimum Gasteiger partial charge on any atom is -0.478 e. The Morgan fingerprint density at radius 1 is 1.22 bits per heavy atom. The van der Waals surface area contributed by atoms with Crippen molar-refractivity contribution in [3.8, 4) is 11.3 Å². The van der Waals surface area contributed by atoms with Crippen LogP contribution < -0.4 is 0 Å². The number of hydrogen-bond acceptors (Lipinski definition) is 5. The Bertz CT molecular complexity index is 1280. The number of rotatable bonds is 5. The second kappa shape index (κ2) is 8.64. The van der Waals surface area contributed by atoms with Crippen LogP contribution in [0.15, 0.2) is 57.9 Å². The summed E-state index contributed by atoms with van der Waals surface area (Å²) in [7, 11) is 0. The molecule has 9 heteroatoms. The van der Waals surface area contributed by atoms with E-state index in [2.05, 4.69) is 0 Å². The third-order valence-electron chi connectivity index (χ3n) is 4.90. The van der Waals surface area contributed by atoms with Crippen LogP contribution in [0.2, 0.25) is 5.02 Å². The summed E-state index contributed by atoms with van der Waals surface area (Å²) in [5.74, 6) is -1.50. The first-order chi connectivity index (χ1) is 15.2. The van der Waals surface area contributed by atoms with Gasteiger partial charge in [0, 0.05) is 22.2 Å². The zero-order valence-electron chi connectivity index (χ0n) is 16.6. The normalized spacial score (nSPS) is 15.1. The molecule has 2 amide bonds. The lowest BCUT2D eigenvalue weighted by atomic mass is 10.0. The third kappa shape index (κ3) is 4.19. The Balaban J connectivity index is 1.59. The van der Waals surface area contributed by atoms with Crippen molar-refractivity contribution >= 4 is 46.6 Å². The molecule has 6 nitrogen and oxygen atoms in total. The molecule has 0 atom stereocenters. The molecule has 1 aliphatic rings. The van der Waals surface area contributed by atoms with Gasteiger partial charge in [0.15, 0.2) is 0 Å². The maximum Gasteiger partial charge on any atom is 0.335 e. The number of hydrogen-bond donors (Lipinski definition) is 1. The van der Waals surface area contributed by atoms with Gasteiger partial charge in [0.25, 0.3) is 11.1 Å². The minimum absolute atomic E-state index is 0.0618. The second-order valence-electron chi connectivity index (χ2n) is 7.00. The van der Waals surface area contributed by atoms with Gasteiger partial charge >= 0.3 is 5.97 Å². The number of nitrogens with zero attached hydrogens (tertiary/aromatic N) is 1. The van der Waals surface area contributed by atoms with Gasteiger partial charge < -0.3 is 9.52 Å². The molecule has 0 radical (unpaired) electrons. The fourth-order valence-electron chi connectivity index (χ4n) is 3.20. The summed E-state index contributed by atoms with van der Waals surface area (Å²) < 4.78 is 19.8. The van der Waals surface area contributed by atoms with Crippen LogP contribution in [0.25, 0.3) is 17.4 Å². The first-order valence-corrected chi connectivity index (χ1v) is 10.6. The Morgan fingerprint density at radius 2 is 2.00 bits per heavy atom. The van der Waals surface area contributed by atoms with E-state index in [9.17, 15) is 23.9 Å². The number of imide groups is 1. The number of carboxylic acids is 1. The van der Waals surface area contributed by atoms with Gasteiger partial charge in [0.1, 0.15) is 17.3 Å². The molecule has 1 saturated heterocycles. The fraction of sp³-hybridized carbons (Fsp3) is 0.0870. The molecule has 0 aliphatic carbocycles. The average Bonchev–Trinajstić information content (AvgIpc) is 3.30. The largest absolute Gasteiger partial charge is 0.478 e. The van der Waals surface area contributed by atoms with Crippen LogP contribution in [0.1, 0.15) is 27.2 Å². The number of carbonyl (C=O) groups is 3. The quantitative estimate of drug-likeness (QED) is 0.460. The molecule has 3 aromatic rings. The molecule has 1 aromatic heterocycles. The van der Waals surface area contributed by atoms with Crippen LogP contribution in [0.4, 0.5) is 9.18 Å². The number of aromatic carboxylic acids is 1. The van der Waals surface area contributed by atoms with Crippen LogP contribution in [-0.2, 0) is 11.3 Å². The van der Waals surface area contributed by atoms with Crippen LogP contribution in [0.3, 0.4) is 0 Å². The number of thioether (sulfide) groups is 1. The summed E-state index contributed by atoms with van der Waals surface area (Å²) in [6.07, 6.45) is 1.42. The summed E-state index contributed by atoms with van der Waals surface area (Å²) in [6, 6.07) is 12.1. The molecular weight excluding hydrogens is 457 g/mol. The van der Waals surface area contributed by atoms with E-state index in [1.165, 1.54) is 36.4 Å². The van der Waals surface area contributed by atoms with Crippen LogP contribution in [0.5, 0.6) is 0 Å². The van der Waals surface area contributed by atoms with Gasteiger partial charge in [-0.1, -0.05) is 23.7 Å². The van der Waals surface area contributed by atoms with Crippen LogP contribution in [0, 0.1) is 12.7 Å². The maximum absolute atomic E-state index is 14.1. The van der Waals surface area contributed by atoms with E-state index >= 15 is 0 Å². The lowest BCUT2D eigenvalue weighted by Crippen LogP contribution is -2.28. The van der Waals surface area contributed by atoms with Crippen molar-refractivity contribution in [2.45, 2.75) is 13.5 Å². The minimum atomic E-state index is -1.05. The predicted molar refractivity (Wildman–Crippen MR) is 119 cm³/mol. The number of carboxylic acid groups (broad SMARTS) is 1. The first-order valence-electron chi connectivity index (χ1n) is 9.37. The third-order valence-corrected chi connectivity index (χ3v) is 6.16. The van der Waals surface area contributed by atoms with Gasteiger partial charge in [-0.25, -0.2) is 9.18 Å². The molecular formula is C23H15ClFNO5S. The highest BCUT2D eigenvalue weighted by Gasteiger charge is 2.36. The molecule has 0 bridgehead atoms. The first kappa shape index (κ1) is 21.9. The Morgan fingerprint density at radius 3 is 2.72 bits per heavy atom. The van der Waals surface area contributed by atoms with Gasteiger partial charge in [0.2, 0.25) is 0 Å². The van der Waals surface area contributed by atoms with Gasteiger partial charge in [-0.2, -0.15) is 0 Å². The molecule has 1 fully saturated rings. The van der Waals surface area contributed by atoms with Gasteiger partial charge in [0.05, 0.1) is 17.0 Å². The van der Waals surface area contributed by atoms with Crippen molar-refractivity contribution in [3.05, 3.63) is 86.7 Å². The highest BCUT2D eigenvalue weighted by atomic mass is 35.5. The van der Waals surface area contributed by atoms with Gasteiger partial charge in [-0.15, -0.1) is 0 Å². The lowest BCUT2D eigenvalue weighted by molar-refractivity contribution is -0.123. The standard InChI is InChI=1S/C23H15ClFNO5S/c1-12-5-6-13(22(28)29)9-15(12)19-8-7-14(31-19)10-20-21(27)26(23(30)32-20)11-16-17(24)3-2-4-18(16)25/h2-10H,11H2,1H3,(H,28,29). The second-order valence-corrected chi connectivity index (χ2v) is 8.41. The zero-order chi connectivity index (χ0) is 23.0. The van der Waals surface area contributed by atoms with Gasteiger partial charge in [-0.05, 0) is 60.6 Å². The highest BCUT2D eigenvalue weighted by molar-refractivity contribution is 8.18. The van der Waals surface area contributed by atoms with E-state index in [4.69, 9.17) is 16.0 Å². The summed E-state index contributed by atoms with van der Waals surface area (Å²) in [5, 5.41) is 8.80.